The van der Waals surface area contributed by atoms with Crippen molar-refractivity contribution in [2.75, 3.05) is 5.32 Å². The Balaban J connectivity index is 2.34. The summed E-state index contributed by atoms with van der Waals surface area (Å²) < 4.78 is 3.12. The van der Waals surface area contributed by atoms with E-state index in [9.17, 15) is 0 Å². The monoisotopic (exact) mass is 305 g/mol. The maximum atomic E-state index is 4.33. The number of imidazole rings is 1. The number of aromatic nitrogens is 2. The molecule has 3 nitrogen and oxygen atoms in total. The van der Waals surface area contributed by atoms with Gasteiger partial charge in [0.2, 0.25) is 5.95 Å². The second kappa shape index (κ2) is 5.40. The maximum absolute atomic E-state index is 4.33. The predicted octanol–water partition coefficient (Wildman–Crippen LogP) is 4.19. The highest BCUT2D eigenvalue weighted by molar-refractivity contribution is 9.10. The van der Waals surface area contributed by atoms with E-state index in [0.29, 0.717) is 0 Å². The highest BCUT2D eigenvalue weighted by Crippen LogP contribution is 2.27. The van der Waals surface area contributed by atoms with Crippen LogP contribution in [0, 0.1) is 13.8 Å². The van der Waals surface area contributed by atoms with Gasteiger partial charge in [-0.15, -0.1) is 6.58 Å². The molecular formula is C14H16BrN3. The van der Waals surface area contributed by atoms with Gasteiger partial charge in [-0.1, -0.05) is 22.0 Å². The van der Waals surface area contributed by atoms with Gasteiger partial charge in [0.15, 0.2) is 0 Å². The van der Waals surface area contributed by atoms with Crippen LogP contribution >= 0.6 is 15.9 Å². The Bertz CT molecular complexity index is 549. The molecule has 1 N–H and O–H groups in total. The van der Waals surface area contributed by atoms with E-state index >= 15 is 0 Å². The summed E-state index contributed by atoms with van der Waals surface area (Å²) >= 11 is 3.50. The Morgan fingerprint density at radius 1 is 1.39 bits per heavy atom. The fraction of sp³-hybridized carbons (Fsp3) is 0.214. The van der Waals surface area contributed by atoms with Crippen molar-refractivity contribution in [1.82, 2.24) is 9.55 Å². The molecule has 0 fully saturated rings. The molecule has 0 bridgehead atoms. The summed E-state index contributed by atoms with van der Waals surface area (Å²) in [6.45, 7) is 8.66. The molecule has 0 radical (unpaired) electrons. The van der Waals surface area contributed by atoms with Gasteiger partial charge in [0, 0.05) is 29.1 Å². The van der Waals surface area contributed by atoms with Crippen LogP contribution in [0.15, 0.2) is 41.7 Å². The van der Waals surface area contributed by atoms with Gasteiger partial charge in [0.1, 0.15) is 0 Å². The molecule has 0 saturated heterocycles. The van der Waals surface area contributed by atoms with Crippen LogP contribution in [0.25, 0.3) is 0 Å². The molecule has 94 valence electrons. The summed E-state index contributed by atoms with van der Waals surface area (Å²) in [5.74, 6) is 0.837. The summed E-state index contributed by atoms with van der Waals surface area (Å²) in [5, 5.41) is 3.38. The number of aryl methyl sites for hydroxylation is 2. The smallest absolute Gasteiger partial charge is 0.207 e. The lowest BCUT2D eigenvalue weighted by atomic mass is 10.1. The van der Waals surface area contributed by atoms with Crippen molar-refractivity contribution in [3.63, 3.8) is 0 Å². The highest BCUT2D eigenvalue weighted by Gasteiger charge is 2.07. The quantitative estimate of drug-likeness (QED) is 0.858. The van der Waals surface area contributed by atoms with Gasteiger partial charge in [-0.05, 0) is 37.1 Å². The zero-order valence-electron chi connectivity index (χ0n) is 10.6. The first-order valence-electron chi connectivity index (χ1n) is 5.77. The highest BCUT2D eigenvalue weighted by atomic mass is 79.9. The fourth-order valence-electron chi connectivity index (χ4n) is 1.94. The van der Waals surface area contributed by atoms with E-state index in [1.807, 2.05) is 16.8 Å². The van der Waals surface area contributed by atoms with Crippen LogP contribution in [0.3, 0.4) is 0 Å². The zero-order valence-corrected chi connectivity index (χ0v) is 12.2. The molecule has 1 aromatic carbocycles. The summed E-state index contributed by atoms with van der Waals surface area (Å²) in [6.07, 6.45) is 5.58. The Morgan fingerprint density at radius 3 is 2.67 bits per heavy atom. The molecule has 2 aromatic rings. The van der Waals surface area contributed by atoms with Crippen LogP contribution in [-0.4, -0.2) is 9.55 Å². The Labute approximate surface area is 116 Å². The van der Waals surface area contributed by atoms with Crippen molar-refractivity contribution in [2.45, 2.75) is 20.4 Å². The Hall–Kier alpha value is -1.55. The fourth-order valence-corrected chi connectivity index (χ4v) is 2.63. The molecule has 0 aliphatic heterocycles. The third kappa shape index (κ3) is 2.64. The van der Waals surface area contributed by atoms with Gasteiger partial charge in [-0.25, -0.2) is 4.98 Å². The number of benzene rings is 1. The molecule has 0 amide bonds. The molecule has 0 saturated carbocycles. The van der Waals surface area contributed by atoms with Crippen LogP contribution in [-0.2, 0) is 6.54 Å². The number of rotatable bonds is 4. The van der Waals surface area contributed by atoms with Gasteiger partial charge in [0.05, 0.1) is 0 Å². The second-order valence-corrected chi connectivity index (χ2v) is 5.15. The zero-order chi connectivity index (χ0) is 13.1. The topological polar surface area (TPSA) is 29.9 Å². The lowest BCUT2D eigenvalue weighted by molar-refractivity contribution is 0.832. The third-order valence-corrected chi connectivity index (χ3v) is 3.23. The minimum atomic E-state index is 0.747. The van der Waals surface area contributed by atoms with Gasteiger partial charge in [-0.2, -0.15) is 0 Å². The first kappa shape index (κ1) is 12.9. The minimum absolute atomic E-state index is 0.747. The number of hydrogen-bond acceptors (Lipinski definition) is 2. The first-order valence-corrected chi connectivity index (χ1v) is 6.57. The lowest BCUT2D eigenvalue weighted by Gasteiger charge is -2.13. The molecule has 2 rings (SSSR count). The molecule has 0 aliphatic rings. The van der Waals surface area contributed by atoms with Crippen molar-refractivity contribution in [3.05, 3.63) is 52.8 Å². The van der Waals surface area contributed by atoms with E-state index in [1.54, 1.807) is 6.20 Å². The number of nitrogens with one attached hydrogen (secondary N) is 1. The number of anilines is 2. The normalized spacial score (nSPS) is 10.4. The van der Waals surface area contributed by atoms with Crippen LogP contribution in [0.5, 0.6) is 0 Å². The molecule has 0 unspecified atom stereocenters. The molecule has 0 spiro atoms. The SMILES string of the molecule is C=CCn1ccnc1Nc1c(C)cc(Br)cc1C. The number of nitrogens with zero attached hydrogens (tertiary/aromatic N) is 2. The van der Waals surface area contributed by atoms with E-state index < -0.39 is 0 Å². The van der Waals surface area contributed by atoms with E-state index in [2.05, 4.69) is 58.8 Å². The predicted molar refractivity (Wildman–Crippen MR) is 79.3 cm³/mol. The van der Waals surface area contributed by atoms with Crippen LogP contribution in [0.4, 0.5) is 11.6 Å². The van der Waals surface area contributed by atoms with E-state index in [-0.39, 0.29) is 0 Å². The average Bonchev–Trinajstić information content (AvgIpc) is 2.71. The standard InChI is InChI=1S/C14H16BrN3/c1-4-6-18-7-5-16-14(18)17-13-10(2)8-12(15)9-11(13)3/h4-5,7-9H,1,6H2,2-3H3,(H,16,17). The van der Waals surface area contributed by atoms with Crippen molar-refractivity contribution in [3.8, 4) is 0 Å². The molecular weight excluding hydrogens is 290 g/mol. The van der Waals surface area contributed by atoms with Gasteiger partial charge >= 0.3 is 0 Å². The number of halogens is 1. The molecule has 0 aliphatic carbocycles. The van der Waals surface area contributed by atoms with E-state index in [4.69, 9.17) is 0 Å². The molecule has 18 heavy (non-hydrogen) atoms. The molecule has 1 heterocycles. The van der Waals surface area contributed by atoms with E-state index in [1.165, 1.54) is 11.1 Å². The summed E-state index contributed by atoms with van der Waals surface area (Å²) in [7, 11) is 0. The van der Waals surface area contributed by atoms with Crippen LogP contribution < -0.4 is 5.32 Å². The minimum Gasteiger partial charge on any atom is -0.325 e. The van der Waals surface area contributed by atoms with Crippen LogP contribution in [0.2, 0.25) is 0 Å². The van der Waals surface area contributed by atoms with Crippen molar-refractivity contribution in [2.24, 2.45) is 0 Å². The average molecular weight is 306 g/mol. The Morgan fingerprint density at radius 2 is 2.06 bits per heavy atom. The van der Waals surface area contributed by atoms with Gasteiger partial charge in [-0.3, -0.25) is 0 Å². The van der Waals surface area contributed by atoms with Crippen molar-refractivity contribution in [1.29, 1.82) is 0 Å². The van der Waals surface area contributed by atoms with Gasteiger partial charge in [0.25, 0.3) is 0 Å². The molecule has 0 atom stereocenters. The van der Waals surface area contributed by atoms with Crippen LogP contribution in [0.1, 0.15) is 11.1 Å². The summed E-state index contributed by atoms with van der Waals surface area (Å²) in [6, 6.07) is 4.19. The van der Waals surface area contributed by atoms with E-state index in [0.717, 1.165) is 22.7 Å². The summed E-state index contributed by atoms with van der Waals surface area (Å²) in [4.78, 5) is 4.33. The van der Waals surface area contributed by atoms with Crippen molar-refractivity contribution >= 4 is 27.6 Å². The first-order chi connectivity index (χ1) is 8.61. The lowest BCUT2D eigenvalue weighted by Crippen LogP contribution is -2.04. The molecule has 4 heteroatoms. The summed E-state index contributed by atoms with van der Waals surface area (Å²) in [5.41, 5.74) is 3.49. The molecule has 1 aromatic heterocycles. The third-order valence-electron chi connectivity index (χ3n) is 2.78. The largest absolute Gasteiger partial charge is 0.325 e. The Kier molecular flexibility index (Phi) is 3.87. The second-order valence-electron chi connectivity index (χ2n) is 4.23. The number of hydrogen-bond donors (Lipinski definition) is 1. The maximum Gasteiger partial charge on any atom is 0.207 e. The number of allylic oxidation sites excluding steroid dienone is 1. The van der Waals surface area contributed by atoms with Crippen molar-refractivity contribution < 1.29 is 0 Å². The van der Waals surface area contributed by atoms with Gasteiger partial charge < -0.3 is 9.88 Å².